The third-order valence-electron chi connectivity index (χ3n) is 1.75. The smallest absolute Gasteiger partial charge is 0.0725 e. The van der Waals surface area contributed by atoms with E-state index in [1.54, 1.807) is 0 Å². The Morgan fingerprint density at radius 1 is 1.44 bits per heavy atom. The summed E-state index contributed by atoms with van der Waals surface area (Å²) < 4.78 is 1.99. The average molecular weight is 123 g/mol. The molecule has 2 heterocycles. The Hall–Kier alpha value is -0.860. The minimum absolute atomic E-state index is 1.06. The van der Waals surface area contributed by atoms with E-state index in [0.717, 1.165) is 13.0 Å². The van der Waals surface area contributed by atoms with Gasteiger partial charge in [-0.25, -0.2) is 4.68 Å². The second-order valence-corrected chi connectivity index (χ2v) is 2.41. The van der Waals surface area contributed by atoms with Crippen LogP contribution in [0.3, 0.4) is 0 Å². The number of fused-ring (bicyclic) bond motifs is 1. The molecule has 1 aromatic heterocycles. The van der Waals surface area contributed by atoms with Crippen molar-refractivity contribution in [3.8, 4) is 0 Å². The van der Waals surface area contributed by atoms with Gasteiger partial charge in [-0.15, -0.1) is 5.10 Å². The van der Waals surface area contributed by atoms with Crippen LogP contribution in [0, 0.1) is 0 Å². The fourth-order valence-corrected chi connectivity index (χ4v) is 1.23. The lowest BCUT2D eigenvalue weighted by Crippen LogP contribution is -2.10. The monoisotopic (exact) mass is 123 g/mol. The zero-order valence-electron chi connectivity index (χ0n) is 5.25. The van der Waals surface area contributed by atoms with Crippen LogP contribution < -0.4 is 0 Å². The molecule has 0 aromatic carbocycles. The molecule has 1 aromatic rings. The van der Waals surface area contributed by atoms with Crippen LogP contribution in [0.2, 0.25) is 0 Å². The third-order valence-corrected chi connectivity index (χ3v) is 1.75. The molecule has 0 radical (unpaired) electrons. The van der Waals surface area contributed by atoms with Gasteiger partial charge in [-0.1, -0.05) is 5.21 Å². The fraction of sp³-hybridized carbons (Fsp3) is 0.667. The summed E-state index contributed by atoms with van der Waals surface area (Å²) in [6.45, 7) is 1.06. The van der Waals surface area contributed by atoms with Gasteiger partial charge in [0.15, 0.2) is 0 Å². The topological polar surface area (TPSA) is 30.7 Å². The number of hydrogen-bond donors (Lipinski definition) is 0. The summed E-state index contributed by atoms with van der Waals surface area (Å²) in [7, 11) is 0. The van der Waals surface area contributed by atoms with E-state index in [9.17, 15) is 0 Å². The van der Waals surface area contributed by atoms with Crippen molar-refractivity contribution in [2.75, 3.05) is 0 Å². The highest BCUT2D eigenvalue weighted by atomic mass is 15.4. The van der Waals surface area contributed by atoms with Crippen molar-refractivity contribution < 1.29 is 0 Å². The predicted octanol–water partition coefficient (Wildman–Crippen LogP) is 0.614. The SMILES string of the molecule is c1nnn2c1CCCC2. The number of hydrogen-bond acceptors (Lipinski definition) is 2. The van der Waals surface area contributed by atoms with Crippen LogP contribution >= 0.6 is 0 Å². The molecule has 2 rings (SSSR count). The van der Waals surface area contributed by atoms with E-state index < -0.39 is 0 Å². The molecule has 0 fully saturated rings. The van der Waals surface area contributed by atoms with Gasteiger partial charge in [0, 0.05) is 6.54 Å². The first kappa shape index (κ1) is 4.97. The van der Waals surface area contributed by atoms with E-state index in [1.165, 1.54) is 18.5 Å². The number of rotatable bonds is 0. The first-order valence-electron chi connectivity index (χ1n) is 3.34. The normalized spacial score (nSPS) is 17.3. The molecule has 0 saturated carbocycles. The van der Waals surface area contributed by atoms with Crippen LogP contribution in [0.25, 0.3) is 0 Å². The number of aromatic nitrogens is 3. The predicted molar refractivity (Wildman–Crippen MR) is 33.0 cm³/mol. The van der Waals surface area contributed by atoms with Crippen molar-refractivity contribution in [1.82, 2.24) is 15.0 Å². The van der Waals surface area contributed by atoms with Crippen molar-refractivity contribution in [1.29, 1.82) is 0 Å². The standard InChI is InChI=1S/C6H9N3/c1-2-4-9-6(3-1)5-7-8-9/h5H,1-4H2. The van der Waals surface area contributed by atoms with Gasteiger partial charge in [-0.2, -0.15) is 0 Å². The largest absolute Gasteiger partial charge is 0.249 e. The lowest BCUT2D eigenvalue weighted by atomic mass is 10.1. The third kappa shape index (κ3) is 0.724. The fourth-order valence-electron chi connectivity index (χ4n) is 1.23. The lowest BCUT2D eigenvalue weighted by molar-refractivity contribution is 0.476. The Balaban J connectivity index is 2.39. The zero-order valence-corrected chi connectivity index (χ0v) is 5.25. The van der Waals surface area contributed by atoms with Gasteiger partial charge in [0.1, 0.15) is 0 Å². The molecule has 48 valence electrons. The summed E-state index contributed by atoms with van der Waals surface area (Å²) in [5.74, 6) is 0. The summed E-state index contributed by atoms with van der Waals surface area (Å²) in [5.41, 5.74) is 1.29. The zero-order chi connectivity index (χ0) is 6.10. The molecule has 0 N–H and O–H groups in total. The Morgan fingerprint density at radius 2 is 2.44 bits per heavy atom. The van der Waals surface area contributed by atoms with Gasteiger partial charge in [0.25, 0.3) is 0 Å². The Bertz CT molecular complexity index is 183. The van der Waals surface area contributed by atoms with Gasteiger partial charge in [0.05, 0.1) is 11.9 Å². The molecule has 0 atom stereocenters. The molecule has 0 bridgehead atoms. The second kappa shape index (κ2) is 1.83. The Kier molecular flexibility index (Phi) is 1.01. The first-order chi connectivity index (χ1) is 4.47. The molecule has 3 nitrogen and oxygen atoms in total. The molecule has 0 aliphatic carbocycles. The van der Waals surface area contributed by atoms with Crippen molar-refractivity contribution in [2.45, 2.75) is 25.8 Å². The highest BCUT2D eigenvalue weighted by Gasteiger charge is 2.07. The molecule has 1 aliphatic rings. The van der Waals surface area contributed by atoms with E-state index in [2.05, 4.69) is 10.3 Å². The van der Waals surface area contributed by atoms with Gasteiger partial charge < -0.3 is 0 Å². The van der Waals surface area contributed by atoms with Crippen molar-refractivity contribution in [3.63, 3.8) is 0 Å². The maximum atomic E-state index is 3.92. The van der Waals surface area contributed by atoms with Gasteiger partial charge in [-0.3, -0.25) is 0 Å². The summed E-state index contributed by atoms with van der Waals surface area (Å²) in [5, 5.41) is 7.74. The minimum atomic E-state index is 1.06. The van der Waals surface area contributed by atoms with Crippen LogP contribution in [-0.4, -0.2) is 15.0 Å². The maximum absolute atomic E-state index is 3.92. The molecular weight excluding hydrogens is 114 g/mol. The number of aryl methyl sites for hydroxylation is 2. The molecule has 0 unspecified atom stereocenters. The highest BCUT2D eigenvalue weighted by molar-refractivity contribution is 4.95. The summed E-state index contributed by atoms with van der Waals surface area (Å²) >= 11 is 0. The molecule has 0 amide bonds. The van der Waals surface area contributed by atoms with Gasteiger partial charge in [-0.05, 0) is 19.3 Å². The van der Waals surface area contributed by atoms with Crippen LogP contribution in [0.15, 0.2) is 6.20 Å². The second-order valence-electron chi connectivity index (χ2n) is 2.41. The summed E-state index contributed by atoms with van der Waals surface area (Å²) in [4.78, 5) is 0. The minimum Gasteiger partial charge on any atom is -0.249 e. The summed E-state index contributed by atoms with van der Waals surface area (Å²) in [6.07, 6.45) is 5.58. The molecule has 0 spiro atoms. The Morgan fingerprint density at radius 3 is 3.33 bits per heavy atom. The molecule has 9 heavy (non-hydrogen) atoms. The van der Waals surface area contributed by atoms with Crippen LogP contribution in [0.4, 0.5) is 0 Å². The Labute approximate surface area is 53.7 Å². The van der Waals surface area contributed by atoms with Crippen molar-refractivity contribution in [3.05, 3.63) is 11.9 Å². The van der Waals surface area contributed by atoms with Crippen LogP contribution in [0.5, 0.6) is 0 Å². The average Bonchev–Trinajstić information content (AvgIpc) is 2.33. The van der Waals surface area contributed by atoms with Gasteiger partial charge in [0.2, 0.25) is 0 Å². The summed E-state index contributed by atoms with van der Waals surface area (Å²) in [6, 6.07) is 0. The molecule has 3 heteroatoms. The molecule has 0 saturated heterocycles. The van der Waals surface area contributed by atoms with Crippen molar-refractivity contribution >= 4 is 0 Å². The van der Waals surface area contributed by atoms with E-state index in [4.69, 9.17) is 0 Å². The first-order valence-corrected chi connectivity index (χ1v) is 3.34. The molecule has 1 aliphatic heterocycles. The lowest BCUT2D eigenvalue weighted by Gasteiger charge is -2.10. The maximum Gasteiger partial charge on any atom is 0.0725 e. The number of nitrogens with zero attached hydrogens (tertiary/aromatic N) is 3. The molecular formula is C6H9N3. The van der Waals surface area contributed by atoms with E-state index in [-0.39, 0.29) is 0 Å². The highest BCUT2D eigenvalue weighted by Crippen LogP contribution is 2.10. The van der Waals surface area contributed by atoms with Crippen molar-refractivity contribution in [2.24, 2.45) is 0 Å². The van der Waals surface area contributed by atoms with E-state index in [0.29, 0.717) is 0 Å². The van der Waals surface area contributed by atoms with Crippen LogP contribution in [-0.2, 0) is 13.0 Å². The van der Waals surface area contributed by atoms with Gasteiger partial charge >= 0.3 is 0 Å². The quantitative estimate of drug-likeness (QED) is 0.506. The van der Waals surface area contributed by atoms with E-state index >= 15 is 0 Å². The van der Waals surface area contributed by atoms with Crippen LogP contribution in [0.1, 0.15) is 18.5 Å². The van der Waals surface area contributed by atoms with E-state index in [1.807, 2.05) is 10.9 Å².